The fourth-order valence-electron chi connectivity index (χ4n) is 3.59. The number of imidazole rings is 1. The minimum Gasteiger partial charge on any atom is -0.392 e. The number of aliphatic hydroxyl groups excluding tert-OH is 1. The first-order chi connectivity index (χ1) is 16.4. The molecule has 34 heavy (non-hydrogen) atoms. The van der Waals surface area contributed by atoms with Crippen LogP contribution in [0.1, 0.15) is 18.9 Å². The van der Waals surface area contributed by atoms with Crippen LogP contribution in [0.4, 0.5) is 26.2 Å². The van der Waals surface area contributed by atoms with Gasteiger partial charge in [0.25, 0.3) is 0 Å². The second-order valence-corrected chi connectivity index (χ2v) is 7.76. The molecule has 2 aromatic carbocycles. The summed E-state index contributed by atoms with van der Waals surface area (Å²) in [5.41, 5.74) is 9.00. The second kappa shape index (κ2) is 10.1. The number of aliphatic hydroxyl groups is 1. The number of nitrogen functional groups attached to an aromatic ring is 1. The SMILES string of the molecule is CCC(O)CN(Cc1ccc(-c2cc(F)cc(F)c2)c(Nc2nc(N)nc3nc[nH]c23)c1)OC. The second-order valence-electron chi connectivity index (χ2n) is 7.76. The van der Waals surface area contributed by atoms with Gasteiger partial charge in [-0.15, -0.1) is 0 Å². The fraction of sp³-hybridized carbons (Fsp3) is 0.261. The lowest BCUT2D eigenvalue weighted by Crippen LogP contribution is -2.30. The summed E-state index contributed by atoms with van der Waals surface area (Å²) in [6.45, 7) is 2.58. The van der Waals surface area contributed by atoms with Gasteiger partial charge >= 0.3 is 0 Å². The Bertz CT molecular complexity index is 1280. The van der Waals surface area contributed by atoms with Gasteiger partial charge in [-0.1, -0.05) is 19.1 Å². The molecule has 0 aliphatic rings. The number of fused-ring (bicyclic) bond motifs is 1. The van der Waals surface area contributed by atoms with Crippen molar-refractivity contribution in [3.05, 3.63) is 59.9 Å². The number of hydrogen-bond donors (Lipinski definition) is 4. The Morgan fingerprint density at radius 2 is 1.94 bits per heavy atom. The standard InChI is InChI=1S/C23H25F2N7O2/c1-3-17(33)11-32(34-2)10-13-4-5-18(14-7-15(24)9-16(25)8-14)19(6-13)29-22-20-21(28-12-27-20)30-23(26)31-22/h4-9,12,17,33H,3,10-11H2,1-2H3,(H4,26,27,28,29,30,31). The largest absolute Gasteiger partial charge is 0.392 e. The molecule has 0 bridgehead atoms. The first-order valence-electron chi connectivity index (χ1n) is 10.7. The van der Waals surface area contributed by atoms with Crippen molar-refractivity contribution in [1.82, 2.24) is 25.0 Å². The van der Waals surface area contributed by atoms with E-state index in [1.165, 1.54) is 25.6 Å². The Labute approximate surface area is 194 Å². The molecule has 2 aromatic heterocycles. The molecule has 0 saturated carbocycles. The van der Waals surface area contributed by atoms with Crippen molar-refractivity contribution in [2.45, 2.75) is 26.0 Å². The van der Waals surface area contributed by atoms with Crippen molar-refractivity contribution in [2.75, 3.05) is 24.7 Å². The molecule has 0 radical (unpaired) electrons. The molecule has 4 rings (SSSR count). The Hall–Kier alpha value is -3.67. The molecule has 5 N–H and O–H groups in total. The summed E-state index contributed by atoms with van der Waals surface area (Å²) in [5, 5.41) is 14.8. The van der Waals surface area contributed by atoms with Gasteiger partial charge in [0, 0.05) is 23.9 Å². The Kier molecular flexibility index (Phi) is 6.96. The molecule has 0 saturated heterocycles. The number of H-pyrrole nitrogens is 1. The van der Waals surface area contributed by atoms with Crippen LogP contribution in [0.3, 0.4) is 0 Å². The van der Waals surface area contributed by atoms with Crippen molar-refractivity contribution >= 4 is 28.6 Å². The zero-order valence-electron chi connectivity index (χ0n) is 18.7. The van der Waals surface area contributed by atoms with Crippen molar-refractivity contribution in [3.63, 3.8) is 0 Å². The third-order valence-corrected chi connectivity index (χ3v) is 5.32. The zero-order chi connectivity index (χ0) is 24.2. The number of nitrogens with two attached hydrogens (primary N) is 1. The van der Waals surface area contributed by atoms with Gasteiger partial charge in [-0.3, -0.25) is 0 Å². The highest BCUT2D eigenvalue weighted by molar-refractivity contribution is 5.89. The van der Waals surface area contributed by atoms with Crippen LogP contribution < -0.4 is 11.1 Å². The molecule has 0 aliphatic carbocycles. The van der Waals surface area contributed by atoms with Gasteiger partial charge in [0.05, 0.1) is 26.1 Å². The quantitative estimate of drug-likeness (QED) is 0.273. The van der Waals surface area contributed by atoms with Crippen LogP contribution in [-0.4, -0.2) is 49.9 Å². The summed E-state index contributed by atoms with van der Waals surface area (Å²) in [5.74, 6) is -0.992. The van der Waals surface area contributed by atoms with E-state index in [0.717, 1.165) is 11.6 Å². The molecular formula is C23H25F2N7O2. The third-order valence-electron chi connectivity index (χ3n) is 5.32. The number of nitrogens with one attached hydrogen (secondary N) is 2. The highest BCUT2D eigenvalue weighted by Crippen LogP contribution is 2.33. The van der Waals surface area contributed by atoms with E-state index in [4.69, 9.17) is 10.6 Å². The highest BCUT2D eigenvalue weighted by atomic mass is 19.1. The molecule has 11 heteroatoms. The summed E-state index contributed by atoms with van der Waals surface area (Å²) in [7, 11) is 1.53. The molecule has 1 atom stereocenters. The summed E-state index contributed by atoms with van der Waals surface area (Å²) in [6, 6.07) is 8.73. The molecule has 4 aromatic rings. The van der Waals surface area contributed by atoms with Gasteiger partial charge < -0.3 is 26.0 Å². The van der Waals surface area contributed by atoms with E-state index in [1.807, 2.05) is 19.1 Å². The molecule has 1 unspecified atom stereocenters. The van der Waals surface area contributed by atoms with Gasteiger partial charge in [0.1, 0.15) is 17.2 Å². The van der Waals surface area contributed by atoms with E-state index in [9.17, 15) is 13.9 Å². The topological polar surface area (TPSA) is 125 Å². The van der Waals surface area contributed by atoms with Crippen LogP contribution in [-0.2, 0) is 11.4 Å². The smallest absolute Gasteiger partial charge is 0.224 e. The van der Waals surface area contributed by atoms with Crippen molar-refractivity contribution in [1.29, 1.82) is 0 Å². The molecule has 178 valence electrons. The highest BCUT2D eigenvalue weighted by Gasteiger charge is 2.16. The summed E-state index contributed by atoms with van der Waals surface area (Å²) in [6.07, 6.45) is 1.52. The fourth-order valence-corrected chi connectivity index (χ4v) is 3.59. The Balaban J connectivity index is 1.76. The molecule has 0 aliphatic heterocycles. The van der Waals surface area contributed by atoms with E-state index in [-0.39, 0.29) is 5.95 Å². The number of benzene rings is 2. The van der Waals surface area contributed by atoms with E-state index in [0.29, 0.717) is 53.3 Å². The lowest BCUT2D eigenvalue weighted by molar-refractivity contribution is -0.155. The van der Waals surface area contributed by atoms with Crippen molar-refractivity contribution < 1.29 is 18.7 Å². The van der Waals surface area contributed by atoms with Gasteiger partial charge in [-0.05, 0) is 35.7 Å². The maximum atomic E-state index is 14.0. The van der Waals surface area contributed by atoms with Gasteiger partial charge in [-0.2, -0.15) is 15.0 Å². The number of hydrogen-bond acceptors (Lipinski definition) is 8. The van der Waals surface area contributed by atoms with E-state index < -0.39 is 17.7 Å². The number of hydroxylamine groups is 2. The zero-order valence-corrected chi connectivity index (χ0v) is 18.7. The molecule has 0 fully saturated rings. The molecule has 0 amide bonds. The van der Waals surface area contributed by atoms with Crippen LogP contribution in [0.5, 0.6) is 0 Å². The number of halogens is 2. The first kappa shape index (κ1) is 23.5. The maximum absolute atomic E-state index is 14.0. The minimum absolute atomic E-state index is 0.0238. The number of anilines is 3. The first-order valence-corrected chi connectivity index (χ1v) is 10.7. The van der Waals surface area contributed by atoms with Crippen molar-refractivity contribution in [3.8, 4) is 11.1 Å². The van der Waals surface area contributed by atoms with Crippen molar-refractivity contribution in [2.24, 2.45) is 0 Å². The van der Waals surface area contributed by atoms with Gasteiger partial charge in [0.15, 0.2) is 11.5 Å². The number of aromatic amines is 1. The average Bonchev–Trinajstić information content (AvgIpc) is 3.26. The van der Waals surface area contributed by atoms with Crippen LogP contribution in [0.15, 0.2) is 42.7 Å². The molecule has 9 nitrogen and oxygen atoms in total. The maximum Gasteiger partial charge on any atom is 0.224 e. The van der Waals surface area contributed by atoms with E-state index in [2.05, 4.69) is 25.3 Å². The lowest BCUT2D eigenvalue weighted by Gasteiger charge is -2.23. The summed E-state index contributed by atoms with van der Waals surface area (Å²) < 4.78 is 28.0. The predicted octanol–water partition coefficient (Wildman–Crippen LogP) is 3.76. The van der Waals surface area contributed by atoms with E-state index >= 15 is 0 Å². The molecule has 0 spiro atoms. The molecular weight excluding hydrogens is 444 g/mol. The van der Waals surface area contributed by atoms with Crippen LogP contribution in [0, 0.1) is 11.6 Å². The Morgan fingerprint density at radius 1 is 1.18 bits per heavy atom. The van der Waals surface area contributed by atoms with Crippen LogP contribution >= 0.6 is 0 Å². The normalized spacial score (nSPS) is 12.4. The summed E-state index contributed by atoms with van der Waals surface area (Å²) >= 11 is 0. The average molecular weight is 469 g/mol. The van der Waals surface area contributed by atoms with E-state index in [1.54, 1.807) is 11.1 Å². The minimum atomic E-state index is -0.689. The Morgan fingerprint density at radius 3 is 2.65 bits per heavy atom. The van der Waals surface area contributed by atoms with Crippen LogP contribution in [0.25, 0.3) is 22.3 Å². The molecule has 2 heterocycles. The predicted molar refractivity (Wildman–Crippen MR) is 125 cm³/mol. The number of nitrogens with zero attached hydrogens (tertiary/aromatic N) is 4. The van der Waals surface area contributed by atoms with Gasteiger partial charge in [0.2, 0.25) is 5.95 Å². The third kappa shape index (κ3) is 5.28. The lowest BCUT2D eigenvalue weighted by atomic mass is 10.0. The van der Waals surface area contributed by atoms with Crippen LogP contribution in [0.2, 0.25) is 0 Å². The number of rotatable bonds is 9. The summed E-state index contributed by atoms with van der Waals surface area (Å²) in [4.78, 5) is 20.8. The van der Waals surface area contributed by atoms with Gasteiger partial charge in [-0.25, -0.2) is 13.8 Å². The monoisotopic (exact) mass is 469 g/mol. The number of aromatic nitrogens is 4.